The molecule has 15 aromatic rings. The van der Waals surface area contributed by atoms with Gasteiger partial charge in [0.25, 0.3) is 0 Å². The highest BCUT2D eigenvalue weighted by Gasteiger charge is 2.41. The summed E-state index contributed by atoms with van der Waals surface area (Å²) in [7, 11) is 0. The lowest BCUT2D eigenvalue weighted by atomic mass is 9.90. The highest BCUT2D eigenvalue weighted by Crippen LogP contribution is 2.48. The summed E-state index contributed by atoms with van der Waals surface area (Å²) in [5.41, 5.74) is 14.3. The van der Waals surface area contributed by atoms with Crippen molar-refractivity contribution in [3.05, 3.63) is 293 Å². The number of hydrogen-bond acceptors (Lipinski definition) is 20. The Labute approximate surface area is 696 Å². The molecule has 0 bridgehead atoms. The minimum atomic E-state index is -4.75. The summed E-state index contributed by atoms with van der Waals surface area (Å²) < 4.78 is 175. The van der Waals surface area contributed by atoms with E-state index in [0.717, 1.165) is 93.1 Å². The zero-order valence-electron chi connectivity index (χ0n) is 65.1. The molecule has 1 aliphatic heterocycles. The predicted molar refractivity (Wildman–Crippen MR) is 434 cm³/mol. The van der Waals surface area contributed by atoms with Crippen molar-refractivity contribution in [3.63, 3.8) is 0 Å². The molecule has 4 N–H and O–H groups in total. The number of nitrogens with one attached hydrogen (secondary N) is 4. The van der Waals surface area contributed by atoms with Crippen LogP contribution in [0.2, 0.25) is 0 Å². The monoisotopic (exact) mass is 1700 g/mol. The molecule has 2 aliphatic rings. The van der Waals surface area contributed by atoms with E-state index in [9.17, 15) is 73.7 Å². The largest absolute Gasteiger partial charge is 0.619 e. The Kier molecular flexibility index (Phi) is 25.4. The first-order valence-corrected chi connectivity index (χ1v) is 37.9. The fraction of sp³-hybridized carbons (Fsp3) is 0.159. The average Bonchev–Trinajstić information content (AvgIpc) is 1.55. The first kappa shape index (κ1) is 84.6. The summed E-state index contributed by atoms with van der Waals surface area (Å²) in [6.45, 7) is -2.95. The van der Waals surface area contributed by atoms with Crippen molar-refractivity contribution in [2.45, 2.75) is 85.0 Å². The first-order chi connectivity index (χ1) is 59.8. The number of aromatic nitrogens is 11. The van der Waals surface area contributed by atoms with Crippen molar-refractivity contribution in [3.8, 4) is 75.0 Å². The Morgan fingerprint density at radius 1 is 0.460 bits per heavy atom. The number of alkyl halides is 9. The van der Waals surface area contributed by atoms with E-state index in [1.54, 1.807) is 56.0 Å². The van der Waals surface area contributed by atoms with Crippen molar-refractivity contribution in [1.29, 1.82) is 15.8 Å². The van der Waals surface area contributed by atoms with Crippen molar-refractivity contribution < 1.29 is 76.4 Å². The molecule has 11 heterocycles. The Morgan fingerprint density at radius 2 is 0.855 bits per heavy atom. The van der Waals surface area contributed by atoms with Crippen LogP contribution in [-0.4, -0.2) is 80.7 Å². The van der Waals surface area contributed by atoms with Crippen LogP contribution in [0.4, 0.5) is 104 Å². The molecule has 0 saturated heterocycles. The lowest BCUT2D eigenvalue weighted by molar-refractivity contribution is -0.605. The van der Waals surface area contributed by atoms with Gasteiger partial charge in [0.05, 0.1) is 97.2 Å². The average molecular weight is 1700 g/mol. The van der Waals surface area contributed by atoms with E-state index in [1.165, 1.54) is 85.2 Å². The van der Waals surface area contributed by atoms with Gasteiger partial charge in [0.2, 0.25) is 12.4 Å². The number of ether oxygens (including phenoxy) is 4. The second-order valence-electron chi connectivity index (χ2n) is 27.3. The van der Waals surface area contributed by atoms with Gasteiger partial charge in [-0.25, -0.2) is 46.7 Å². The zero-order chi connectivity index (χ0) is 87.5. The SMILES string of the molecule is CCc1nn2ccccc2c1-c1cc(C#N)cc(Nc2ccc(OC(F)(F)F)cc2)n1.CCc1nn2ccccc2c1-c1cc(C#N)cc(Nc2ccc(OC(F)F)c(F)c2)n1.CCc1nn2ccccc2c1-c1cc(C#N)cc(Nc2ccc(OC(F)F)cc2)n1.[O-][n+]1cc(Nc2ccc(OC(F)F)cc2)nc(C2C(C3CC3)=Nc3cc(F)c(F)cc32)c1. The second-order valence-corrected chi connectivity index (χ2v) is 27.3. The van der Waals surface area contributed by atoms with Crippen LogP contribution in [-0.2, 0) is 19.3 Å². The number of aryl methyl sites for hydroxylation is 3. The molecular formula is C88H65F12N19O5. The molecule has 17 rings (SSSR count). The maximum atomic E-state index is 14.1. The standard InChI is InChI=1S/C22H16F4N4O2.2C22H16F3N5O.C22H17F2N5O/c23-15-7-14-17(8-16(15)24)29-21(11-1-2-11)20(14)18-9-30(31)10-19(28-18)27-12-3-5-13(6-4-12)32-22(25)26;1-2-17-21(19-5-3-4-10-30(19)29-17)18-11-14(13-26)12-20(28-18)27-15-6-8-16(9-7-15)31-22(23,24)25;1-2-16-21(18-5-3-4-8-30(18)29-16)17-9-13(12-26)10-20(28-17)27-14-6-7-19(15(23)11-14)31-22(24)25;1-2-17-21(19-5-3-4-10-29(19)28-17)18-11-14(13-25)12-20(27-18)26-15-6-8-16(9-7-15)30-22(23)24/h3-11,20,22H,1-2H2,(H,27,28);3-12H,2H2,1H3,(H,27,28);3-11,22H,2H2,1H3,(H,27,28);3-12,22H,2H2,1H3,(H,26,27). The van der Waals surface area contributed by atoms with Gasteiger partial charge in [0.1, 0.15) is 40.4 Å². The molecule has 0 amide bonds. The number of nitrogens with zero attached hydrogens (tertiary/aromatic N) is 15. The summed E-state index contributed by atoms with van der Waals surface area (Å²) in [5.74, 6) is -2.77. The smallest absolute Gasteiger partial charge is 0.573 e. The van der Waals surface area contributed by atoms with Crippen LogP contribution in [0.25, 0.3) is 50.3 Å². The molecule has 1 aliphatic carbocycles. The van der Waals surface area contributed by atoms with Crippen LogP contribution in [0, 0.1) is 62.6 Å². The summed E-state index contributed by atoms with van der Waals surface area (Å²) in [6.07, 6.45) is 7.16. The lowest BCUT2D eigenvalue weighted by Crippen LogP contribution is -2.29. The van der Waals surface area contributed by atoms with Gasteiger partial charge < -0.3 is 45.4 Å². The zero-order valence-corrected chi connectivity index (χ0v) is 65.1. The Bertz CT molecular complexity index is 6590. The maximum Gasteiger partial charge on any atom is 0.573 e. The Hall–Kier alpha value is -15.8. The van der Waals surface area contributed by atoms with Crippen molar-refractivity contribution in [1.82, 2.24) is 48.8 Å². The van der Waals surface area contributed by atoms with Gasteiger partial charge in [0, 0.05) is 75.9 Å². The van der Waals surface area contributed by atoms with Gasteiger partial charge in [-0.3, -0.25) is 4.99 Å². The number of fused-ring (bicyclic) bond motifs is 4. The van der Waals surface area contributed by atoms with E-state index in [-0.39, 0.29) is 34.7 Å². The number of rotatable bonds is 23. The van der Waals surface area contributed by atoms with Gasteiger partial charge in [-0.1, -0.05) is 39.0 Å². The normalized spacial score (nSPS) is 12.7. The summed E-state index contributed by atoms with van der Waals surface area (Å²) in [5, 5.41) is 66.5. The molecule has 36 heteroatoms. The molecule has 124 heavy (non-hydrogen) atoms. The molecule has 626 valence electrons. The fourth-order valence-electron chi connectivity index (χ4n) is 13.6. The number of anilines is 8. The fourth-order valence-corrected chi connectivity index (χ4v) is 13.6. The number of pyridine rings is 6. The van der Waals surface area contributed by atoms with Gasteiger partial charge >= 0.3 is 26.2 Å². The van der Waals surface area contributed by atoms with Gasteiger partial charge in [-0.15, -0.1) is 13.2 Å². The van der Waals surface area contributed by atoms with E-state index in [0.29, 0.717) is 109 Å². The molecule has 1 fully saturated rings. The molecule has 10 aromatic heterocycles. The summed E-state index contributed by atoms with van der Waals surface area (Å²) in [4.78, 5) is 22.9. The molecular weight excluding hydrogens is 1630 g/mol. The number of aliphatic imine (C=N–C) groups is 1. The van der Waals surface area contributed by atoms with E-state index in [1.807, 2.05) is 94.0 Å². The van der Waals surface area contributed by atoms with E-state index in [2.05, 4.69) is 98.6 Å². The molecule has 24 nitrogen and oxygen atoms in total. The third kappa shape index (κ3) is 20.4. The minimum absolute atomic E-state index is 0.00624. The Balaban J connectivity index is 0.000000135. The van der Waals surface area contributed by atoms with Crippen molar-refractivity contribution in [2.75, 3.05) is 21.3 Å². The van der Waals surface area contributed by atoms with E-state index < -0.39 is 55.3 Å². The van der Waals surface area contributed by atoms with Crippen LogP contribution in [0.15, 0.2) is 230 Å². The third-order valence-corrected chi connectivity index (χ3v) is 18.9. The second kappa shape index (κ2) is 37.2. The summed E-state index contributed by atoms with van der Waals surface area (Å²) in [6, 6.07) is 56.0. The van der Waals surface area contributed by atoms with Gasteiger partial charge in [-0.05, 0) is 207 Å². The van der Waals surface area contributed by atoms with Crippen LogP contribution in [0.5, 0.6) is 23.0 Å². The molecule has 1 unspecified atom stereocenters. The molecule has 5 aromatic carbocycles. The highest BCUT2D eigenvalue weighted by molar-refractivity contribution is 6.03. The highest BCUT2D eigenvalue weighted by atomic mass is 19.4. The van der Waals surface area contributed by atoms with Crippen LogP contribution in [0.3, 0.4) is 0 Å². The number of benzene rings is 5. The van der Waals surface area contributed by atoms with E-state index >= 15 is 0 Å². The van der Waals surface area contributed by atoms with Crippen LogP contribution in [0.1, 0.15) is 84.6 Å². The summed E-state index contributed by atoms with van der Waals surface area (Å²) >= 11 is 0. The minimum Gasteiger partial charge on any atom is -0.619 e. The predicted octanol–water partition coefficient (Wildman–Crippen LogP) is 20.9. The number of nitriles is 3. The van der Waals surface area contributed by atoms with Gasteiger partial charge in [0.15, 0.2) is 29.0 Å². The molecule has 0 spiro atoms. The molecule has 1 atom stereocenters. The molecule has 1 saturated carbocycles. The maximum absolute atomic E-state index is 14.1. The van der Waals surface area contributed by atoms with Gasteiger partial charge in [-0.2, -0.15) is 62.2 Å². The van der Waals surface area contributed by atoms with Crippen LogP contribution < -0.4 is 44.9 Å². The van der Waals surface area contributed by atoms with Crippen LogP contribution >= 0.6 is 0 Å². The number of halogens is 12. The quantitative estimate of drug-likeness (QED) is 0.0263. The Morgan fingerprint density at radius 3 is 1.24 bits per heavy atom. The van der Waals surface area contributed by atoms with E-state index in [4.69, 9.17) is 0 Å². The third-order valence-electron chi connectivity index (χ3n) is 18.9. The van der Waals surface area contributed by atoms with Crippen molar-refractivity contribution >= 4 is 74.0 Å². The molecule has 0 radical (unpaired) electrons. The van der Waals surface area contributed by atoms with Crippen molar-refractivity contribution in [2.24, 2.45) is 10.9 Å². The topological polar surface area (TPSA) is 299 Å². The lowest BCUT2D eigenvalue weighted by Gasteiger charge is -2.15. The first-order valence-electron chi connectivity index (χ1n) is 37.9. The number of hydrogen-bond donors (Lipinski definition) is 4.